The average molecular weight is 497 g/mol. The van der Waals surface area contributed by atoms with Crippen LogP contribution in [0.25, 0.3) is 11.4 Å². The number of nitrogens with zero attached hydrogens (tertiary/aromatic N) is 3. The number of methoxy groups -OCH3 is 1. The Hall–Kier alpha value is -3.04. The third kappa shape index (κ3) is 6.15. The number of carbonyl (C=O) groups is 1. The number of nitrogens with one attached hydrogen (secondary N) is 1. The maximum atomic E-state index is 13.0. The van der Waals surface area contributed by atoms with E-state index in [4.69, 9.17) is 14.2 Å². The van der Waals surface area contributed by atoms with E-state index in [-0.39, 0.29) is 23.6 Å². The number of aromatic nitrogens is 3. The van der Waals surface area contributed by atoms with Gasteiger partial charge in [0.15, 0.2) is 22.5 Å². The minimum absolute atomic E-state index is 0.0676. The molecule has 0 saturated heterocycles. The van der Waals surface area contributed by atoms with Crippen LogP contribution in [0.1, 0.15) is 31.0 Å². The molecule has 1 atom stereocenters. The highest BCUT2D eigenvalue weighted by Gasteiger charge is 2.22. The molecule has 4 rings (SSSR count). The molecule has 0 bridgehead atoms. The van der Waals surface area contributed by atoms with Gasteiger partial charge in [-0.25, -0.2) is 0 Å². The van der Waals surface area contributed by atoms with Crippen LogP contribution in [-0.2, 0) is 16.1 Å². The third-order valence-corrected chi connectivity index (χ3v) is 6.72. The lowest BCUT2D eigenvalue weighted by molar-refractivity contribution is -0.119. The summed E-state index contributed by atoms with van der Waals surface area (Å²) in [7, 11) is 1.67. The second-order valence-corrected chi connectivity index (χ2v) is 9.74. The van der Waals surface area contributed by atoms with Crippen LogP contribution in [0.4, 0.5) is 0 Å². The standard InChI is InChI=1S/C26H32N4O4S/c1-17(2)24(19-8-9-21-22(15-19)34-13-12-33-21)27-23(31)16-35-26-29-28-25(30(26)10-11-32-4)20-7-5-6-18(3)14-20/h5-9,14-15,17,24H,10-13,16H2,1-4H3,(H,27,31). The highest BCUT2D eigenvalue weighted by Crippen LogP contribution is 2.34. The van der Waals surface area contributed by atoms with Gasteiger partial charge in [0.2, 0.25) is 5.91 Å². The molecule has 0 aliphatic carbocycles. The summed E-state index contributed by atoms with van der Waals surface area (Å²) in [4.78, 5) is 13.0. The SMILES string of the molecule is COCCn1c(SCC(=O)NC(c2ccc3c(c2)OCCO3)C(C)C)nnc1-c1cccc(C)c1. The summed E-state index contributed by atoms with van der Waals surface area (Å²) in [6.07, 6.45) is 0. The number of benzene rings is 2. The third-order valence-electron chi connectivity index (χ3n) is 5.75. The Morgan fingerprint density at radius 2 is 1.94 bits per heavy atom. The topological polar surface area (TPSA) is 87.5 Å². The summed E-state index contributed by atoms with van der Waals surface area (Å²) >= 11 is 1.37. The fourth-order valence-electron chi connectivity index (χ4n) is 4.01. The Bertz CT molecular complexity index is 1160. The van der Waals surface area contributed by atoms with E-state index in [0.29, 0.717) is 31.5 Å². The first-order valence-electron chi connectivity index (χ1n) is 11.8. The van der Waals surface area contributed by atoms with E-state index >= 15 is 0 Å². The summed E-state index contributed by atoms with van der Waals surface area (Å²) < 4.78 is 18.7. The van der Waals surface area contributed by atoms with Crippen molar-refractivity contribution in [1.29, 1.82) is 0 Å². The zero-order valence-electron chi connectivity index (χ0n) is 20.6. The molecule has 0 spiro atoms. The first-order chi connectivity index (χ1) is 17.0. The summed E-state index contributed by atoms with van der Waals surface area (Å²) in [6.45, 7) is 8.42. The lowest BCUT2D eigenvalue weighted by atomic mass is 9.95. The lowest BCUT2D eigenvalue weighted by Gasteiger charge is -2.25. The van der Waals surface area contributed by atoms with Gasteiger partial charge in [-0.1, -0.05) is 55.4 Å². The monoisotopic (exact) mass is 496 g/mol. The Balaban J connectivity index is 1.46. The number of hydrogen-bond donors (Lipinski definition) is 1. The van der Waals surface area contributed by atoms with Crippen LogP contribution in [0.2, 0.25) is 0 Å². The molecule has 8 nitrogen and oxygen atoms in total. The van der Waals surface area contributed by atoms with Crippen LogP contribution in [-0.4, -0.2) is 53.4 Å². The van der Waals surface area contributed by atoms with Gasteiger partial charge in [-0.15, -0.1) is 10.2 Å². The van der Waals surface area contributed by atoms with Gasteiger partial charge in [0.1, 0.15) is 13.2 Å². The van der Waals surface area contributed by atoms with E-state index in [1.165, 1.54) is 11.8 Å². The van der Waals surface area contributed by atoms with E-state index in [1.807, 2.05) is 47.9 Å². The number of aryl methyl sites for hydroxylation is 1. The summed E-state index contributed by atoms with van der Waals surface area (Å²) in [5.41, 5.74) is 3.13. The summed E-state index contributed by atoms with van der Waals surface area (Å²) in [5.74, 6) is 2.59. The molecule has 0 saturated carbocycles. The van der Waals surface area contributed by atoms with E-state index in [9.17, 15) is 4.79 Å². The van der Waals surface area contributed by atoms with Crippen LogP contribution in [0.3, 0.4) is 0 Å². The van der Waals surface area contributed by atoms with Crippen LogP contribution in [0.15, 0.2) is 47.6 Å². The normalized spacial score (nSPS) is 13.6. The predicted octanol–water partition coefficient (Wildman–Crippen LogP) is 4.28. The molecule has 1 N–H and O–H groups in total. The zero-order valence-corrected chi connectivity index (χ0v) is 21.4. The van der Waals surface area contributed by atoms with Crippen molar-refractivity contribution in [3.8, 4) is 22.9 Å². The molecule has 3 aromatic rings. The molecule has 9 heteroatoms. The van der Waals surface area contributed by atoms with E-state index in [0.717, 1.165) is 34.0 Å². The van der Waals surface area contributed by atoms with Gasteiger partial charge in [-0.3, -0.25) is 9.36 Å². The van der Waals surface area contributed by atoms with Gasteiger partial charge in [-0.05, 0) is 36.6 Å². The van der Waals surface area contributed by atoms with Gasteiger partial charge in [0.05, 0.1) is 24.9 Å². The summed E-state index contributed by atoms with van der Waals surface area (Å²) in [6, 6.07) is 13.9. The Morgan fingerprint density at radius 3 is 2.69 bits per heavy atom. The Kier molecular flexibility index (Phi) is 8.30. The van der Waals surface area contributed by atoms with Gasteiger partial charge < -0.3 is 19.5 Å². The van der Waals surface area contributed by atoms with Crippen molar-refractivity contribution in [1.82, 2.24) is 20.1 Å². The van der Waals surface area contributed by atoms with Crippen molar-refractivity contribution < 1.29 is 19.0 Å². The van der Waals surface area contributed by atoms with Crippen LogP contribution in [0.5, 0.6) is 11.5 Å². The zero-order chi connectivity index (χ0) is 24.8. The molecule has 2 aromatic carbocycles. The molecule has 2 heterocycles. The van der Waals surface area contributed by atoms with Crippen molar-refractivity contribution in [3.63, 3.8) is 0 Å². The molecule has 0 radical (unpaired) electrons. The van der Waals surface area contributed by atoms with E-state index in [1.54, 1.807) is 7.11 Å². The van der Waals surface area contributed by atoms with Crippen LogP contribution >= 0.6 is 11.8 Å². The maximum Gasteiger partial charge on any atom is 0.230 e. The van der Waals surface area contributed by atoms with Crippen molar-refractivity contribution in [3.05, 3.63) is 53.6 Å². The number of fused-ring (bicyclic) bond motifs is 1. The highest BCUT2D eigenvalue weighted by atomic mass is 32.2. The van der Waals surface area contributed by atoms with Gasteiger partial charge in [0.25, 0.3) is 0 Å². The van der Waals surface area contributed by atoms with E-state index in [2.05, 4.69) is 35.4 Å². The minimum Gasteiger partial charge on any atom is -0.486 e. The molecule has 1 aromatic heterocycles. The number of amides is 1. The largest absolute Gasteiger partial charge is 0.486 e. The molecular formula is C26H32N4O4S. The van der Waals surface area contributed by atoms with Crippen molar-refractivity contribution in [2.24, 2.45) is 5.92 Å². The van der Waals surface area contributed by atoms with Gasteiger partial charge in [0, 0.05) is 12.7 Å². The van der Waals surface area contributed by atoms with Crippen molar-refractivity contribution >= 4 is 17.7 Å². The van der Waals surface area contributed by atoms with Crippen molar-refractivity contribution in [2.75, 3.05) is 32.7 Å². The maximum absolute atomic E-state index is 13.0. The average Bonchev–Trinajstić information content (AvgIpc) is 3.27. The molecule has 1 unspecified atom stereocenters. The molecule has 186 valence electrons. The molecule has 35 heavy (non-hydrogen) atoms. The number of thioether (sulfide) groups is 1. The molecule has 0 fully saturated rings. The smallest absolute Gasteiger partial charge is 0.230 e. The number of ether oxygens (including phenoxy) is 3. The fourth-order valence-corrected chi connectivity index (χ4v) is 4.79. The molecule has 1 amide bonds. The highest BCUT2D eigenvalue weighted by molar-refractivity contribution is 7.99. The second kappa shape index (κ2) is 11.6. The van der Waals surface area contributed by atoms with E-state index < -0.39 is 0 Å². The predicted molar refractivity (Wildman–Crippen MR) is 136 cm³/mol. The number of hydrogen-bond acceptors (Lipinski definition) is 7. The van der Waals surface area contributed by atoms with Crippen LogP contribution in [0, 0.1) is 12.8 Å². The first kappa shape index (κ1) is 25.1. The molecule has 1 aliphatic heterocycles. The van der Waals surface area contributed by atoms with Gasteiger partial charge in [-0.2, -0.15) is 0 Å². The lowest BCUT2D eigenvalue weighted by Crippen LogP contribution is -2.33. The Labute approximate surface area is 210 Å². The fraction of sp³-hybridized carbons (Fsp3) is 0.423. The van der Waals surface area contributed by atoms with Crippen LogP contribution < -0.4 is 14.8 Å². The summed E-state index contributed by atoms with van der Waals surface area (Å²) in [5, 5.41) is 12.7. The van der Waals surface area contributed by atoms with Crippen molar-refractivity contribution in [2.45, 2.75) is 38.5 Å². The van der Waals surface area contributed by atoms with Gasteiger partial charge >= 0.3 is 0 Å². The number of carbonyl (C=O) groups excluding carboxylic acids is 1. The molecule has 1 aliphatic rings. The number of rotatable bonds is 10. The molecular weight excluding hydrogens is 464 g/mol. The first-order valence-corrected chi connectivity index (χ1v) is 12.8. The second-order valence-electron chi connectivity index (χ2n) is 8.80. The minimum atomic E-state index is -0.145. The Morgan fingerprint density at radius 1 is 1.14 bits per heavy atom. The quantitative estimate of drug-likeness (QED) is 0.419.